The molecular weight excluding hydrogens is 318 g/mol. The summed E-state index contributed by atoms with van der Waals surface area (Å²) in [6.45, 7) is 3.52. The Balaban J connectivity index is 2.47. The third-order valence-electron chi connectivity index (χ3n) is 2.05. The molecule has 0 aromatic heterocycles. The molecule has 0 amide bonds. The van der Waals surface area contributed by atoms with Gasteiger partial charge in [-0.1, -0.05) is 22.0 Å². The zero-order chi connectivity index (χ0) is 13.8. The Labute approximate surface area is 117 Å². The van der Waals surface area contributed by atoms with Crippen LogP contribution in [-0.4, -0.2) is 32.1 Å². The van der Waals surface area contributed by atoms with E-state index in [2.05, 4.69) is 15.9 Å². The van der Waals surface area contributed by atoms with Crippen LogP contribution in [0.3, 0.4) is 0 Å². The summed E-state index contributed by atoms with van der Waals surface area (Å²) >= 11 is 3.32. The number of benzene rings is 1. The van der Waals surface area contributed by atoms with Crippen molar-refractivity contribution in [1.29, 1.82) is 0 Å². The van der Waals surface area contributed by atoms with Crippen molar-refractivity contribution in [1.82, 2.24) is 0 Å². The van der Waals surface area contributed by atoms with Crippen LogP contribution in [0.25, 0.3) is 0 Å². The number of ether oxygens (including phenoxy) is 1. The van der Waals surface area contributed by atoms with Gasteiger partial charge in [0.05, 0.1) is 11.5 Å². The largest absolute Gasteiger partial charge is 0.492 e. The normalized spacial score (nSPS) is 12.4. The lowest BCUT2D eigenvalue weighted by Gasteiger charge is -2.18. The van der Waals surface area contributed by atoms with E-state index in [1.165, 1.54) is 0 Å². The van der Waals surface area contributed by atoms with Gasteiger partial charge in [0.1, 0.15) is 12.4 Å². The highest BCUT2D eigenvalue weighted by molar-refractivity contribution is 9.10. The van der Waals surface area contributed by atoms with Gasteiger partial charge in [-0.15, -0.1) is 0 Å². The molecule has 0 spiro atoms. The van der Waals surface area contributed by atoms with E-state index in [1.807, 2.05) is 12.1 Å². The van der Waals surface area contributed by atoms with E-state index in [4.69, 9.17) is 10.5 Å². The number of halogens is 1. The van der Waals surface area contributed by atoms with Gasteiger partial charge in [-0.25, -0.2) is 8.42 Å². The Morgan fingerprint density at radius 2 is 2.06 bits per heavy atom. The summed E-state index contributed by atoms with van der Waals surface area (Å²) in [5.74, 6) is 0.578. The van der Waals surface area contributed by atoms with E-state index in [-0.39, 0.29) is 18.1 Å². The van der Waals surface area contributed by atoms with Crippen molar-refractivity contribution in [2.75, 3.05) is 18.1 Å². The molecule has 0 unspecified atom stereocenters. The topological polar surface area (TPSA) is 69.4 Å². The summed E-state index contributed by atoms with van der Waals surface area (Å²) < 4.78 is 29.7. The molecule has 18 heavy (non-hydrogen) atoms. The molecule has 0 saturated heterocycles. The Bertz CT molecular complexity index is 494. The minimum absolute atomic E-state index is 0.0276. The third kappa shape index (κ3) is 6.37. The van der Waals surface area contributed by atoms with Crippen molar-refractivity contribution in [3.05, 3.63) is 28.7 Å². The maximum absolute atomic E-state index is 11.7. The Morgan fingerprint density at radius 1 is 1.39 bits per heavy atom. The molecule has 0 atom stereocenters. The molecule has 2 N–H and O–H groups in total. The molecule has 0 aliphatic heterocycles. The molecule has 0 aliphatic carbocycles. The van der Waals surface area contributed by atoms with Crippen molar-refractivity contribution < 1.29 is 13.2 Å². The molecule has 0 bridgehead atoms. The molecule has 6 heteroatoms. The van der Waals surface area contributed by atoms with Crippen LogP contribution in [0.15, 0.2) is 28.7 Å². The fourth-order valence-electron chi connectivity index (χ4n) is 1.48. The number of sulfone groups is 1. The van der Waals surface area contributed by atoms with Gasteiger partial charge in [0.2, 0.25) is 0 Å². The highest BCUT2D eigenvalue weighted by Gasteiger charge is 2.21. The van der Waals surface area contributed by atoms with Crippen molar-refractivity contribution in [3.63, 3.8) is 0 Å². The van der Waals surface area contributed by atoms with Crippen LogP contribution >= 0.6 is 15.9 Å². The van der Waals surface area contributed by atoms with Crippen molar-refractivity contribution in [2.45, 2.75) is 19.4 Å². The van der Waals surface area contributed by atoms with E-state index in [9.17, 15) is 8.42 Å². The average molecular weight is 336 g/mol. The molecule has 0 saturated carbocycles. The van der Waals surface area contributed by atoms with Gasteiger partial charge in [-0.05, 0) is 32.0 Å². The molecule has 0 fully saturated rings. The summed E-state index contributed by atoms with van der Waals surface area (Å²) in [5, 5.41) is 0. The molecular formula is C12H18BrNO3S. The molecule has 0 heterocycles. The van der Waals surface area contributed by atoms with E-state index in [1.54, 1.807) is 26.0 Å². The fraction of sp³-hybridized carbons (Fsp3) is 0.500. The van der Waals surface area contributed by atoms with Gasteiger partial charge >= 0.3 is 0 Å². The van der Waals surface area contributed by atoms with Gasteiger partial charge in [0, 0.05) is 10.0 Å². The predicted octanol–water partition coefficient (Wildman–Crippen LogP) is 1.98. The van der Waals surface area contributed by atoms with Crippen molar-refractivity contribution in [3.8, 4) is 5.75 Å². The molecule has 1 aromatic rings. The summed E-state index contributed by atoms with van der Waals surface area (Å²) in [6, 6.07) is 7.28. The summed E-state index contributed by atoms with van der Waals surface area (Å²) in [6.07, 6.45) is 0. The first-order valence-corrected chi connectivity index (χ1v) is 8.17. The Kier molecular flexibility index (Phi) is 5.19. The first-order valence-electron chi connectivity index (χ1n) is 5.56. The SMILES string of the molecule is CC(C)(N)CS(=O)(=O)CCOc1cccc(Br)c1. The first-order chi connectivity index (χ1) is 8.18. The van der Waals surface area contributed by atoms with Crippen LogP contribution in [0, 0.1) is 0 Å². The zero-order valence-electron chi connectivity index (χ0n) is 10.5. The van der Waals surface area contributed by atoms with Gasteiger partial charge in [-0.2, -0.15) is 0 Å². The van der Waals surface area contributed by atoms with Crippen LogP contribution in [0.2, 0.25) is 0 Å². The molecule has 0 radical (unpaired) electrons. The highest BCUT2D eigenvalue weighted by Crippen LogP contribution is 2.17. The maximum atomic E-state index is 11.7. The van der Waals surface area contributed by atoms with E-state index < -0.39 is 15.4 Å². The van der Waals surface area contributed by atoms with Crippen LogP contribution in [0.1, 0.15) is 13.8 Å². The predicted molar refractivity (Wildman–Crippen MR) is 76.6 cm³/mol. The lowest BCUT2D eigenvalue weighted by Crippen LogP contribution is -2.41. The lowest BCUT2D eigenvalue weighted by atomic mass is 10.1. The monoisotopic (exact) mass is 335 g/mol. The number of hydrogen-bond acceptors (Lipinski definition) is 4. The van der Waals surface area contributed by atoms with Crippen LogP contribution in [0.5, 0.6) is 5.75 Å². The third-order valence-corrected chi connectivity index (χ3v) is 4.52. The van der Waals surface area contributed by atoms with Gasteiger partial charge in [0.25, 0.3) is 0 Å². The summed E-state index contributed by atoms with van der Waals surface area (Å²) in [7, 11) is -3.18. The van der Waals surface area contributed by atoms with Crippen molar-refractivity contribution >= 4 is 25.8 Å². The average Bonchev–Trinajstić information content (AvgIpc) is 2.13. The Morgan fingerprint density at radius 3 is 2.61 bits per heavy atom. The summed E-state index contributed by atoms with van der Waals surface area (Å²) in [5.41, 5.74) is 4.98. The lowest BCUT2D eigenvalue weighted by molar-refractivity contribution is 0.340. The zero-order valence-corrected chi connectivity index (χ0v) is 12.9. The molecule has 4 nitrogen and oxygen atoms in total. The minimum atomic E-state index is -3.18. The van der Waals surface area contributed by atoms with Gasteiger partial charge in [0.15, 0.2) is 9.84 Å². The van der Waals surface area contributed by atoms with Crippen LogP contribution in [-0.2, 0) is 9.84 Å². The molecule has 102 valence electrons. The Hall–Kier alpha value is -0.590. The fourth-order valence-corrected chi connectivity index (χ4v) is 3.48. The molecule has 0 aliphatic rings. The summed E-state index contributed by atoms with van der Waals surface area (Å²) in [4.78, 5) is 0. The number of hydrogen-bond donors (Lipinski definition) is 1. The van der Waals surface area contributed by atoms with E-state index >= 15 is 0 Å². The van der Waals surface area contributed by atoms with Crippen LogP contribution < -0.4 is 10.5 Å². The number of rotatable bonds is 6. The van der Waals surface area contributed by atoms with E-state index in [0.29, 0.717) is 5.75 Å². The highest BCUT2D eigenvalue weighted by atomic mass is 79.9. The first kappa shape index (κ1) is 15.5. The van der Waals surface area contributed by atoms with Gasteiger partial charge < -0.3 is 10.5 Å². The second kappa shape index (κ2) is 6.04. The van der Waals surface area contributed by atoms with E-state index in [0.717, 1.165) is 4.47 Å². The standard InChI is InChI=1S/C12H18BrNO3S/c1-12(2,14)9-18(15,16)7-6-17-11-5-3-4-10(13)8-11/h3-5,8H,6-7,9,14H2,1-2H3. The second-order valence-electron chi connectivity index (χ2n) is 4.89. The second-order valence-corrected chi connectivity index (χ2v) is 7.99. The number of nitrogens with two attached hydrogens (primary N) is 1. The molecule has 1 aromatic carbocycles. The van der Waals surface area contributed by atoms with Gasteiger partial charge in [-0.3, -0.25) is 0 Å². The molecule has 1 rings (SSSR count). The quantitative estimate of drug-likeness (QED) is 0.862. The van der Waals surface area contributed by atoms with Crippen LogP contribution in [0.4, 0.5) is 0 Å². The van der Waals surface area contributed by atoms with Crippen molar-refractivity contribution in [2.24, 2.45) is 5.73 Å². The minimum Gasteiger partial charge on any atom is -0.492 e. The smallest absolute Gasteiger partial charge is 0.155 e. The maximum Gasteiger partial charge on any atom is 0.155 e.